The number of carbonyl (C=O) groups is 1. The standard InChI is InChI=1S/C21H16N6O/c22-19-13(17-11-24-7-9-26-17)3-1-5-15(19)21(28)16-6-2-4-14(20(16)23)18-12-25-8-10-27-18/h1-12H,22-23H2. The van der Waals surface area contributed by atoms with Crippen LogP contribution >= 0.6 is 0 Å². The van der Waals surface area contributed by atoms with Crippen molar-refractivity contribution in [2.75, 3.05) is 11.5 Å². The summed E-state index contributed by atoms with van der Waals surface area (Å²) in [4.78, 5) is 29.9. The quantitative estimate of drug-likeness (QED) is 0.419. The first-order valence-electron chi connectivity index (χ1n) is 8.51. The van der Waals surface area contributed by atoms with E-state index in [9.17, 15) is 4.79 Å². The second-order valence-electron chi connectivity index (χ2n) is 6.04. The van der Waals surface area contributed by atoms with Gasteiger partial charge in [0.2, 0.25) is 0 Å². The first-order valence-corrected chi connectivity index (χ1v) is 8.51. The van der Waals surface area contributed by atoms with Gasteiger partial charge in [-0.15, -0.1) is 0 Å². The fraction of sp³-hybridized carbons (Fsp3) is 0. The molecule has 28 heavy (non-hydrogen) atoms. The van der Waals surface area contributed by atoms with Crippen LogP contribution in [0.1, 0.15) is 15.9 Å². The van der Waals surface area contributed by atoms with Gasteiger partial charge in [0.25, 0.3) is 0 Å². The summed E-state index contributed by atoms with van der Waals surface area (Å²) in [6.07, 6.45) is 9.50. The third-order valence-corrected chi connectivity index (χ3v) is 4.38. The highest BCUT2D eigenvalue weighted by Gasteiger charge is 2.20. The summed E-state index contributed by atoms with van der Waals surface area (Å²) in [6.45, 7) is 0. The number of benzene rings is 2. The first kappa shape index (κ1) is 17.3. The van der Waals surface area contributed by atoms with Crippen molar-refractivity contribution in [1.29, 1.82) is 0 Å². The molecule has 0 spiro atoms. The van der Waals surface area contributed by atoms with Crippen LogP contribution in [0.3, 0.4) is 0 Å². The van der Waals surface area contributed by atoms with E-state index < -0.39 is 0 Å². The molecule has 0 aliphatic heterocycles. The maximum absolute atomic E-state index is 13.2. The van der Waals surface area contributed by atoms with Crippen molar-refractivity contribution in [3.8, 4) is 22.5 Å². The monoisotopic (exact) mass is 368 g/mol. The average Bonchev–Trinajstić information content (AvgIpc) is 2.75. The Morgan fingerprint density at radius 1 is 0.679 bits per heavy atom. The van der Waals surface area contributed by atoms with Crippen molar-refractivity contribution in [3.63, 3.8) is 0 Å². The number of nitrogens with zero attached hydrogens (tertiary/aromatic N) is 4. The molecule has 0 amide bonds. The van der Waals surface area contributed by atoms with Gasteiger partial charge < -0.3 is 11.5 Å². The number of aromatic nitrogens is 4. The van der Waals surface area contributed by atoms with Crippen molar-refractivity contribution >= 4 is 17.2 Å². The first-order chi connectivity index (χ1) is 13.7. The van der Waals surface area contributed by atoms with Crippen LogP contribution in [0.25, 0.3) is 22.5 Å². The minimum Gasteiger partial charge on any atom is -0.398 e. The summed E-state index contributed by atoms with van der Waals surface area (Å²) in [6, 6.07) is 10.5. The van der Waals surface area contributed by atoms with E-state index in [4.69, 9.17) is 11.5 Å². The molecule has 0 atom stereocenters. The van der Waals surface area contributed by atoms with E-state index in [2.05, 4.69) is 19.9 Å². The van der Waals surface area contributed by atoms with Crippen molar-refractivity contribution in [2.45, 2.75) is 0 Å². The van der Waals surface area contributed by atoms with Crippen molar-refractivity contribution < 1.29 is 4.79 Å². The summed E-state index contributed by atoms with van der Waals surface area (Å²) in [5.74, 6) is -0.272. The molecular weight excluding hydrogens is 352 g/mol. The Kier molecular flexibility index (Phi) is 4.47. The van der Waals surface area contributed by atoms with E-state index in [0.29, 0.717) is 45.0 Å². The molecule has 0 radical (unpaired) electrons. The molecule has 4 aromatic rings. The van der Waals surface area contributed by atoms with Gasteiger partial charge in [0, 0.05) is 47.0 Å². The summed E-state index contributed by atoms with van der Waals surface area (Å²) in [7, 11) is 0. The lowest BCUT2D eigenvalue weighted by Gasteiger charge is -2.13. The third-order valence-electron chi connectivity index (χ3n) is 4.38. The molecule has 0 saturated heterocycles. The van der Waals surface area contributed by atoms with E-state index in [1.807, 2.05) is 0 Å². The van der Waals surface area contributed by atoms with Crippen molar-refractivity contribution in [3.05, 3.63) is 84.7 Å². The SMILES string of the molecule is Nc1c(C(=O)c2cccc(-c3cnccn3)c2N)cccc1-c1cnccn1. The molecule has 2 aromatic heterocycles. The van der Waals surface area contributed by atoms with Crippen LogP contribution in [-0.4, -0.2) is 25.7 Å². The highest BCUT2D eigenvalue weighted by molar-refractivity contribution is 6.17. The zero-order chi connectivity index (χ0) is 19.5. The van der Waals surface area contributed by atoms with Crippen LogP contribution < -0.4 is 11.5 Å². The summed E-state index contributed by atoms with van der Waals surface area (Å²) >= 11 is 0. The zero-order valence-electron chi connectivity index (χ0n) is 14.8. The number of anilines is 2. The van der Waals surface area contributed by atoms with Gasteiger partial charge >= 0.3 is 0 Å². The number of hydrogen-bond donors (Lipinski definition) is 2. The number of carbonyl (C=O) groups excluding carboxylic acids is 1. The Bertz CT molecular complexity index is 1060. The normalized spacial score (nSPS) is 10.6. The molecule has 7 nitrogen and oxygen atoms in total. The molecule has 136 valence electrons. The lowest BCUT2D eigenvalue weighted by atomic mass is 9.95. The van der Waals surface area contributed by atoms with Crippen molar-refractivity contribution in [1.82, 2.24) is 19.9 Å². The van der Waals surface area contributed by atoms with Crippen LogP contribution in [0.5, 0.6) is 0 Å². The van der Waals surface area contributed by atoms with E-state index in [1.54, 1.807) is 73.6 Å². The van der Waals surface area contributed by atoms with Crippen LogP contribution in [0.2, 0.25) is 0 Å². The number of para-hydroxylation sites is 2. The van der Waals surface area contributed by atoms with Gasteiger partial charge in [0.05, 0.1) is 35.2 Å². The van der Waals surface area contributed by atoms with Gasteiger partial charge in [0.1, 0.15) is 0 Å². The summed E-state index contributed by atoms with van der Waals surface area (Å²) in [5.41, 5.74) is 16.4. The maximum atomic E-state index is 13.2. The van der Waals surface area contributed by atoms with Crippen LogP contribution in [0, 0.1) is 0 Å². The summed E-state index contributed by atoms with van der Waals surface area (Å²) < 4.78 is 0. The van der Waals surface area contributed by atoms with Gasteiger partial charge in [-0.05, 0) is 12.1 Å². The number of nitrogen functional groups attached to an aromatic ring is 2. The Morgan fingerprint density at radius 3 is 1.54 bits per heavy atom. The fourth-order valence-electron chi connectivity index (χ4n) is 2.99. The van der Waals surface area contributed by atoms with E-state index in [0.717, 1.165) is 0 Å². The van der Waals surface area contributed by atoms with Gasteiger partial charge in [-0.25, -0.2) is 0 Å². The van der Waals surface area contributed by atoms with Gasteiger partial charge in [-0.1, -0.05) is 24.3 Å². The van der Waals surface area contributed by atoms with Gasteiger partial charge in [-0.2, -0.15) is 0 Å². The number of nitrogens with two attached hydrogens (primary N) is 2. The predicted octanol–water partition coefficient (Wildman–Crippen LogP) is 3.00. The molecule has 4 rings (SSSR count). The second kappa shape index (κ2) is 7.24. The molecule has 0 saturated carbocycles. The molecule has 0 aliphatic rings. The molecule has 2 heterocycles. The van der Waals surface area contributed by atoms with E-state index in [1.165, 1.54) is 0 Å². The lowest BCUT2D eigenvalue weighted by Crippen LogP contribution is -2.10. The predicted molar refractivity (Wildman–Crippen MR) is 107 cm³/mol. The molecule has 2 aromatic carbocycles. The van der Waals surface area contributed by atoms with Crippen molar-refractivity contribution in [2.24, 2.45) is 0 Å². The van der Waals surface area contributed by atoms with E-state index in [-0.39, 0.29) is 5.78 Å². The minimum atomic E-state index is -0.272. The molecule has 0 aliphatic carbocycles. The second-order valence-corrected chi connectivity index (χ2v) is 6.04. The molecule has 0 fully saturated rings. The Morgan fingerprint density at radius 2 is 1.14 bits per heavy atom. The minimum absolute atomic E-state index is 0.272. The Labute approximate surface area is 161 Å². The van der Waals surface area contributed by atoms with Crippen LogP contribution in [0.4, 0.5) is 11.4 Å². The van der Waals surface area contributed by atoms with Gasteiger partial charge in [-0.3, -0.25) is 24.7 Å². The highest BCUT2D eigenvalue weighted by atomic mass is 16.1. The van der Waals surface area contributed by atoms with E-state index >= 15 is 0 Å². The largest absolute Gasteiger partial charge is 0.398 e. The average molecular weight is 368 g/mol. The molecule has 4 N–H and O–H groups in total. The smallest absolute Gasteiger partial charge is 0.197 e. The fourth-order valence-corrected chi connectivity index (χ4v) is 2.99. The third kappa shape index (κ3) is 3.05. The number of ketones is 1. The van der Waals surface area contributed by atoms with Gasteiger partial charge in [0.15, 0.2) is 5.78 Å². The zero-order valence-corrected chi connectivity index (χ0v) is 14.8. The summed E-state index contributed by atoms with van der Waals surface area (Å²) in [5, 5.41) is 0. The molecule has 7 heteroatoms. The topological polar surface area (TPSA) is 121 Å². The molecule has 0 unspecified atom stereocenters. The van der Waals surface area contributed by atoms with Crippen LogP contribution in [-0.2, 0) is 0 Å². The number of rotatable bonds is 4. The Balaban J connectivity index is 1.79. The van der Waals surface area contributed by atoms with Crippen LogP contribution in [0.15, 0.2) is 73.6 Å². The molecule has 0 bridgehead atoms. The number of hydrogen-bond acceptors (Lipinski definition) is 7. The Hall–Kier alpha value is -4.13. The highest BCUT2D eigenvalue weighted by Crippen LogP contribution is 2.32. The lowest BCUT2D eigenvalue weighted by molar-refractivity contribution is 0.104. The molecular formula is C21H16N6O. The maximum Gasteiger partial charge on any atom is 0.197 e.